The first-order valence-electron chi connectivity index (χ1n) is 5.98. The second-order valence-corrected chi connectivity index (χ2v) is 5.49. The third kappa shape index (κ3) is 4.33. The van der Waals surface area contributed by atoms with Crippen molar-refractivity contribution in [2.24, 2.45) is 11.1 Å². The predicted octanol–water partition coefficient (Wildman–Crippen LogP) is 1.58. The molecule has 0 heterocycles. The van der Waals surface area contributed by atoms with E-state index >= 15 is 0 Å². The number of nitrogens with one attached hydrogen (secondary N) is 1. The molecule has 19 heavy (non-hydrogen) atoms. The summed E-state index contributed by atoms with van der Waals surface area (Å²) in [5, 5.41) is 13.3. The summed E-state index contributed by atoms with van der Waals surface area (Å²) in [6.07, 6.45) is 0. The van der Waals surface area contributed by atoms with Crippen molar-refractivity contribution in [3.05, 3.63) is 39.9 Å². The highest BCUT2D eigenvalue weighted by atomic mass is 16.6. The predicted molar refractivity (Wildman–Crippen MR) is 72.4 cm³/mol. The first-order valence-corrected chi connectivity index (χ1v) is 5.98. The van der Waals surface area contributed by atoms with E-state index in [1.54, 1.807) is 12.1 Å². The number of amides is 1. The Hall–Kier alpha value is -1.95. The molecule has 0 radical (unpaired) electrons. The second-order valence-electron chi connectivity index (χ2n) is 5.49. The van der Waals surface area contributed by atoms with Crippen molar-refractivity contribution in [2.45, 2.75) is 33.4 Å². The van der Waals surface area contributed by atoms with Gasteiger partial charge in [-0.1, -0.05) is 32.9 Å². The molecule has 6 nitrogen and oxygen atoms in total. The molecule has 3 N–H and O–H groups in total. The molecule has 0 spiro atoms. The van der Waals surface area contributed by atoms with Gasteiger partial charge in [0.25, 0.3) is 5.69 Å². The zero-order valence-corrected chi connectivity index (χ0v) is 11.3. The molecule has 1 aromatic rings. The van der Waals surface area contributed by atoms with Crippen LogP contribution in [-0.4, -0.2) is 16.9 Å². The number of rotatable bonds is 4. The second kappa shape index (κ2) is 5.79. The number of carbonyl (C=O) groups is 1. The van der Waals surface area contributed by atoms with Gasteiger partial charge >= 0.3 is 0 Å². The summed E-state index contributed by atoms with van der Waals surface area (Å²) in [7, 11) is 0. The van der Waals surface area contributed by atoms with Gasteiger partial charge in [0, 0.05) is 18.7 Å². The molecule has 1 amide bonds. The van der Waals surface area contributed by atoms with E-state index in [9.17, 15) is 14.9 Å². The van der Waals surface area contributed by atoms with Crippen LogP contribution in [0.3, 0.4) is 0 Å². The number of hydrogen-bond acceptors (Lipinski definition) is 4. The standard InChI is InChI=1S/C13H19N3O3/c1-13(2,3)11(14)12(17)15-8-9-5-4-6-10(7-9)16(18)19/h4-7,11H,8,14H2,1-3H3,(H,15,17). The van der Waals surface area contributed by atoms with E-state index in [4.69, 9.17) is 5.73 Å². The Kier molecular flexibility index (Phi) is 4.61. The van der Waals surface area contributed by atoms with Gasteiger partial charge in [0.2, 0.25) is 5.91 Å². The number of carbonyl (C=O) groups excluding carboxylic acids is 1. The minimum atomic E-state index is -0.619. The fourth-order valence-electron chi connectivity index (χ4n) is 1.47. The van der Waals surface area contributed by atoms with Crippen molar-refractivity contribution >= 4 is 11.6 Å². The van der Waals surface area contributed by atoms with Gasteiger partial charge in [0.15, 0.2) is 0 Å². The quantitative estimate of drug-likeness (QED) is 0.638. The van der Waals surface area contributed by atoms with Gasteiger partial charge in [0.05, 0.1) is 11.0 Å². The summed E-state index contributed by atoms with van der Waals surface area (Å²) >= 11 is 0. The first-order chi connectivity index (χ1) is 8.71. The van der Waals surface area contributed by atoms with E-state index in [2.05, 4.69) is 5.32 Å². The van der Waals surface area contributed by atoms with Gasteiger partial charge in [-0.3, -0.25) is 14.9 Å². The molecular formula is C13H19N3O3. The highest BCUT2D eigenvalue weighted by Gasteiger charge is 2.27. The maximum atomic E-state index is 11.8. The Morgan fingerprint density at radius 3 is 2.63 bits per heavy atom. The lowest BCUT2D eigenvalue weighted by atomic mass is 9.87. The fourth-order valence-corrected chi connectivity index (χ4v) is 1.47. The molecule has 0 saturated heterocycles. The Morgan fingerprint density at radius 2 is 2.11 bits per heavy atom. The largest absolute Gasteiger partial charge is 0.351 e. The number of nitro benzene ring substituents is 1. The zero-order chi connectivity index (χ0) is 14.6. The monoisotopic (exact) mass is 265 g/mol. The van der Waals surface area contributed by atoms with Crippen LogP contribution in [0.2, 0.25) is 0 Å². The molecule has 0 aliphatic heterocycles. The van der Waals surface area contributed by atoms with Crippen molar-refractivity contribution in [1.29, 1.82) is 0 Å². The number of benzene rings is 1. The van der Waals surface area contributed by atoms with Crippen LogP contribution in [-0.2, 0) is 11.3 Å². The Morgan fingerprint density at radius 1 is 1.47 bits per heavy atom. The Balaban J connectivity index is 2.65. The lowest BCUT2D eigenvalue weighted by Crippen LogP contribution is -2.48. The van der Waals surface area contributed by atoms with Crippen molar-refractivity contribution < 1.29 is 9.72 Å². The van der Waals surface area contributed by atoms with Gasteiger partial charge in [0.1, 0.15) is 0 Å². The first kappa shape index (κ1) is 15.1. The van der Waals surface area contributed by atoms with Crippen LogP contribution in [0.4, 0.5) is 5.69 Å². The molecule has 1 unspecified atom stereocenters. The highest BCUT2D eigenvalue weighted by molar-refractivity contribution is 5.82. The van der Waals surface area contributed by atoms with E-state index in [0.29, 0.717) is 5.56 Å². The van der Waals surface area contributed by atoms with Crippen LogP contribution in [0.1, 0.15) is 26.3 Å². The van der Waals surface area contributed by atoms with Crippen LogP contribution in [0.25, 0.3) is 0 Å². The van der Waals surface area contributed by atoms with Crippen molar-refractivity contribution in [1.82, 2.24) is 5.32 Å². The summed E-state index contributed by atoms with van der Waals surface area (Å²) in [5.74, 6) is -0.265. The van der Waals surface area contributed by atoms with Gasteiger partial charge in [-0.15, -0.1) is 0 Å². The van der Waals surface area contributed by atoms with Crippen molar-refractivity contribution in [3.63, 3.8) is 0 Å². The van der Waals surface area contributed by atoms with Crippen molar-refractivity contribution in [2.75, 3.05) is 0 Å². The zero-order valence-electron chi connectivity index (χ0n) is 11.3. The van der Waals surface area contributed by atoms with Crippen LogP contribution >= 0.6 is 0 Å². The van der Waals surface area contributed by atoms with Gasteiger partial charge in [-0.2, -0.15) is 0 Å². The normalized spacial score (nSPS) is 12.8. The molecule has 0 aliphatic carbocycles. The number of nitrogens with zero attached hydrogens (tertiary/aromatic N) is 1. The number of non-ortho nitro benzene ring substituents is 1. The molecule has 1 atom stereocenters. The van der Waals surface area contributed by atoms with Crippen LogP contribution in [0.15, 0.2) is 24.3 Å². The third-order valence-electron chi connectivity index (χ3n) is 2.80. The van der Waals surface area contributed by atoms with Crippen LogP contribution in [0, 0.1) is 15.5 Å². The van der Waals surface area contributed by atoms with Crippen LogP contribution in [0.5, 0.6) is 0 Å². The molecule has 1 rings (SSSR count). The summed E-state index contributed by atoms with van der Waals surface area (Å²) in [6, 6.07) is 5.53. The average Bonchev–Trinajstić information content (AvgIpc) is 2.34. The van der Waals surface area contributed by atoms with Crippen molar-refractivity contribution in [3.8, 4) is 0 Å². The molecule has 0 aliphatic rings. The van der Waals surface area contributed by atoms with E-state index in [0.717, 1.165) is 0 Å². The molecule has 0 aromatic heterocycles. The topological polar surface area (TPSA) is 98.3 Å². The lowest BCUT2D eigenvalue weighted by Gasteiger charge is -2.25. The van der Waals surface area contributed by atoms with Gasteiger partial charge in [-0.05, 0) is 11.0 Å². The summed E-state index contributed by atoms with van der Waals surface area (Å²) in [4.78, 5) is 22.0. The molecule has 0 fully saturated rings. The van der Waals surface area contributed by atoms with E-state index in [1.807, 2.05) is 20.8 Å². The average molecular weight is 265 g/mol. The SMILES string of the molecule is CC(C)(C)C(N)C(=O)NCc1cccc([N+](=O)[O-])c1. The van der Waals surface area contributed by atoms with E-state index in [-0.39, 0.29) is 23.6 Å². The smallest absolute Gasteiger partial charge is 0.269 e. The van der Waals surface area contributed by atoms with E-state index < -0.39 is 11.0 Å². The molecule has 0 saturated carbocycles. The highest BCUT2D eigenvalue weighted by Crippen LogP contribution is 2.17. The summed E-state index contributed by atoms with van der Waals surface area (Å²) < 4.78 is 0. The van der Waals surface area contributed by atoms with Crippen LogP contribution < -0.4 is 11.1 Å². The number of hydrogen-bond donors (Lipinski definition) is 2. The fraction of sp³-hybridized carbons (Fsp3) is 0.462. The maximum absolute atomic E-state index is 11.8. The third-order valence-corrected chi connectivity index (χ3v) is 2.80. The molecule has 0 bridgehead atoms. The molecular weight excluding hydrogens is 246 g/mol. The lowest BCUT2D eigenvalue weighted by molar-refractivity contribution is -0.384. The maximum Gasteiger partial charge on any atom is 0.269 e. The minimum absolute atomic E-state index is 0.00636. The van der Waals surface area contributed by atoms with Gasteiger partial charge in [-0.25, -0.2) is 0 Å². The number of nitro groups is 1. The Bertz CT molecular complexity index is 480. The van der Waals surface area contributed by atoms with Gasteiger partial charge < -0.3 is 11.1 Å². The minimum Gasteiger partial charge on any atom is -0.351 e. The summed E-state index contributed by atoms with van der Waals surface area (Å²) in [6.45, 7) is 5.87. The molecule has 104 valence electrons. The summed E-state index contributed by atoms with van der Waals surface area (Å²) in [5.41, 5.74) is 6.17. The molecule has 6 heteroatoms. The Labute approximate surface area is 112 Å². The molecule has 1 aromatic carbocycles. The van der Waals surface area contributed by atoms with E-state index in [1.165, 1.54) is 12.1 Å². The number of nitrogens with two attached hydrogens (primary N) is 1.